The van der Waals surface area contributed by atoms with Crippen molar-refractivity contribution in [1.82, 2.24) is 10.6 Å². The fourth-order valence-corrected chi connectivity index (χ4v) is 2.33. The Hall–Kier alpha value is -3.14. The number of rotatable bonds is 11. The molecule has 0 spiro atoms. The highest BCUT2D eigenvalue weighted by Crippen LogP contribution is 2.09. The lowest BCUT2D eigenvalue weighted by Crippen LogP contribution is -2.53. The molecule has 1 rings (SSSR count). The molecule has 0 saturated carbocycles. The zero-order valence-electron chi connectivity index (χ0n) is 16.3. The van der Waals surface area contributed by atoms with Crippen LogP contribution >= 0.6 is 0 Å². The molecule has 0 bridgehead atoms. The fourth-order valence-electron chi connectivity index (χ4n) is 2.33. The van der Waals surface area contributed by atoms with Crippen LogP contribution in [0, 0.1) is 5.92 Å². The van der Waals surface area contributed by atoms with Gasteiger partial charge in [0.25, 0.3) is 0 Å². The molecule has 0 radical (unpaired) electrons. The van der Waals surface area contributed by atoms with Gasteiger partial charge in [0.15, 0.2) is 0 Å². The maximum absolute atomic E-state index is 12.3. The number of benzene rings is 1. The van der Waals surface area contributed by atoms with E-state index in [1.807, 2.05) is 0 Å². The lowest BCUT2D eigenvalue weighted by Gasteiger charge is -2.21. The van der Waals surface area contributed by atoms with E-state index in [0.29, 0.717) is 0 Å². The molecule has 0 aliphatic rings. The molecular weight excluding hydrogens is 384 g/mol. The predicted molar refractivity (Wildman–Crippen MR) is 101 cm³/mol. The molecule has 0 fully saturated rings. The van der Waals surface area contributed by atoms with Crippen molar-refractivity contribution >= 4 is 23.9 Å². The van der Waals surface area contributed by atoms with Gasteiger partial charge in [-0.05, 0) is 18.9 Å². The number of aliphatic hydroxyl groups is 1. The van der Waals surface area contributed by atoms with Crippen LogP contribution in [0.5, 0.6) is 0 Å². The summed E-state index contributed by atoms with van der Waals surface area (Å²) in [5.74, 6) is -3.65. The molecule has 160 valence electrons. The summed E-state index contributed by atoms with van der Waals surface area (Å²) in [5.41, 5.74) is 0.728. The summed E-state index contributed by atoms with van der Waals surface area (Å²) in [6, 6.07) is 6.00. The Morgan fingerprint density at radius 3 is 2.24 bits per heavy atom. The molecule has 29 heavy (non-hydrogen) atoms. The zero-order valence-corrected chi connectivity index (χ0v) is 16.3. The van der Waals surface area contributed by atoms with Gasteiger partial charge in [0.05, 0.1) is 19.1 Å². The Kier molecular flexibility index (Phi) is 10.2. The first-order chi connectivity index (χ1) is 13.8. The fraction of sp³-hybridized carbons (Fsp3) is 0.474. The first-order valence-corrected chi connectivity index (χ1v) is 9.06. The van der Waals surface area contributed by atoms with Crippen molar-refractivity contribution in [3.05, 3.63) is 35.9 Å². The van der Waals surface area contributed by atoms with Crippen molar-refractivity contribution in [3.63, 3.8) is 0 Å². The number of ether oxygens (including phenoxy) is 2. The molecule has 0 saturated heterocycles. The molecule has 0 aliphatic carbocycles. The minimum Gasteiger partial charge on any atom is -0.480 e. The van der Waals surface area contributed by atoms with Crippen molar-refractivity contribution in [2.45, 2.75) is 39.0 Å². The second kappa shape index (κ2) is 12.3. The van der Waals surface area contributed by atoms with Gasteiger partial charge in [-0.1, -0.05) is 37.3 Å². The van der Waals surface area contributed by atoms with E-state index in [-0.39, 0.29) is 19.6 Å². The summed E-state index contributed by atoms with van der Waals surface area (Å²) in [6.45, 7) is 2.43. The summed E-state index contributed by atoms with van der Waals surface area (Å²) >= 11 is 0. The zero-order chi connectivity index (χ0) is 21.8. The number of hydrogen-bond donors (Lipinski definition) is 4. The van der Waals surface area contributed by atoms with Crippen LogP contribution in [0.1, 0.15) is 25.8 Å². The van der Waals surface area contributed by atoms with Crippen molar-refractivity contribution in [1.29, 1.82) is 0 Å². The highest BCUT2D eigenvalue weighted by atomic mass is 16.5. The van der Waals surface area contributed by atoms with Crippen LogP contribution in [0.2, 0.25) is 0 Å². The first-order valence-electron chi connectivity index (χ1n) is 9.06. The summed E-state index contributed by atoms with van der Waals surface area (Å²) in [7, 11) is 0. The van der Waals surface area contributed by atoms with E-state index in [1.54, 1.807) is 37.3 Å². The summed E-state index contributed by atoms with van der Waals surface area (Å²) in [4.78, 5) is 47.2. The van der Waals surface area contributed by atoms with Gasteiger partial charge in [-0.25, -0.2) is 9.59 Å². The van der Waals surface area contributed by atoms with Gasteiger partial charge >= 0.3 is 18.0 Å². The van der Waals surface area contributed by atoms with Crippen LogP contribution in [0.15, 0.2) is 30.3 Å². The maximum atomic E-state index is 12.3. The van der Waals surface area contributed by atoms with E-state index in [1.165, 1.54) is 6.92 Å². The highest BCUT2D eigenvalue weighted by Gasteiger charge is 2.29. The number of aliphatic hydroxyl groups excluding tert-OH is 1. The van der Waals surface area contributed by atoms with E-state index >= 15 is 0 Å². The number of esters is 1. The van der Waals surface area contributed by atoms with Gasteiger partial charge < -0.3 is 30.3 Å². The Morgan fingerprint density at radius 2 is 1.69 bits per heavy atom. The standard InChI is InChI=1S/C19H26N2O8/c1-3-28-18(26)12(2)9-14(17(24)25)20-16(23)15(10-22)21-19(27)29-11-13-7-5-4-6-8-13/h4-8,12,14-15,22H,3,9-11H2,1-2H3,(H,20,23)(H,21,27)(H,24,25)/t12-,14-,15-/m0/s1. The van der Waals surface area contributed by atoms with Crippen molar-refractivity contribution in [2.24, 2.45) is 5.92 Å². The quantitative estimate of drug-likeness (QED) is 0.384. The largest absolute Gasteiger partial charge is 0.480 e. The number of alkyl carbamates (subject to hydrolysis) is 1. The molecule has 4 N–H and O–H groups in total. The first kappa shape index (κ1) is 23.9. The summed E-state index contributed by atoms with van der Waals surface area (Å²) < 4.78 is 9.78. The molecule has 10 heteroatoms. The molecule has 1 aromatic rings. The van der Waals surface area contributed by atoms with Crippen LogP contribution in [0.3, 0.4) is 0 Å². The number of carbonyl (C=O) groups excluding carboxylic acids is 3. The number of amides is 2. The third kappa shape index (κ3) is 8.60. The third-order valence-corrected chi connectivity index (χ3v) is 3.90. The molecule has 2 amide bonds. The van der Waals surface area contributed by atoms with E-state index in [9.17, 15) is 29.4 Å². The van der Waals surface area contributed by atoms with Crippen molar-refractivity contribution in [2.75, 3.05) is 13.2 Å². The van der Waals surface area contributed by atoms with Gasteiger partial charge in [-0.15, -0.1) is 0 Å². The maximum Gasteiger partial charge on any atom is 0.408 e. The van der Waals surface area contributed by atoms with Crippen LogP contribution in [0.25, 0.3) is 0 Å². The van der Waals surface area contributed by atoms with Crippen molar-refractivity contribution < 1.29 is 38.9 Å². The topological polar surface area (TPSA) is 151 Å². The smallest absolute Gasteiger partial charge is 0.408 e. The van der Waals surface area contributed by atoms with Crippen LogP contribution in [-0.4, -0.2) is 59.4 Å². The minimum atomic E-state index is -1.42. The highest BCUT2D eigenvalue weighted by molar-refractivity contribution is 5.89. The Morgan fingerprint density at radius 1 is 1.03 bits per heavy atom. The summed E-state index contributed by atoms with van der Waals surface area (Å²) in [5, 5.41) is 23.0. The van der Waals surface area contributed by atoms with E-state index in [4.69, 9.17) is 9.47 Å². The van der Waals surface area contributed by atoms with Crippen LogP contribution in [0.4, 0.5) is 4.79 Å². The molecule has 0 unspecified atom stereocenters. The van der Waals surface area contributed by atoms with E-state index in [0.717, 1.165) is 5.56 Å². The van der Waals surface area contributed by atoms with E-state index in [2.05, 4.69) is 10.6 Å². The predicted octanol–water partition coefficient (Wildman–Crippen LogP) is 0.432. The van der Waals surface area contributed by atoms with Gasteiger partial charge in [0, 0.05) is 0 Å². The average Bonchev–Trinajstić information content (AvgIpc) is 2.70. The van der Waals surface area contributed by atoms with Gasteiger partial charge in [-0.3, -0.25) is 9.59 Å². The molecule has 0 aliphatic heterocycles. The normalized spacial score (nSPS) is 13.5. The monoisotopic (exact) mass is 410 g/mol. The molecule has 10 nitrogen and oxygen atoms in total. The van der Waals surface area contributed by atoms with Crippen molar-refractivity contribution in [3.8, 4) is 0 Å². The lowest BCUT2D eigenvalue weighted by atomic mass is 10.0. The van der Waals surface area contributed by atoms with E-state index < -0.39 is 48.5 Å². The number of hydrogen-bond acceptors (Lipinski definition) is 7. The molecule has 0 aromatic heterocycles. The molecule has 1 aromatic carbocycles. The second-order valence-corrected chi connectivity index (χ2v) is 6.23. The number of carboxylic acid groups (broad SMARTS) is 1. The van der Waals surface area contributed by atoms with Crippen LogP contribution in [-0.2, 0) is 30.5 Å². The SMILES string of the molecule is CCOC(=O)[C@@H](C)C[C@H](NC(=O)[C@H](CO)NC(=O)OCc1ccccc1)C(=O)O. The second-order valence-electron chi connectivity index (χ2n) is 6.23. The van der Waals surface area contributed by atoms with Crippen LogP contribution < -0.4 is 10.6 Å². The number of aliphatic carboxylic acids is 1. The van der Waals surface area contributed by atoms with Gasteiger partial charge in [0.2, 0.25) is 5.91 Å². The minimum absolute atomic E-state index is 0.0404. The van der Waals surface area contributed by atoms with Gasteiger partial charge in [-0.2, -0.15) is 0 Å². The molecule has 3 atom stereocenters. The number of nitrogens with one attached hydrogen (secondary N) is 2. The molecule has 0 heterocycles. The average molecular weight is 410 g/mol. The Labute approximate surface area is 168 Å². The number of carboxylic acids is 1. The Balaban J connectivity index is 2.60. The number of carbonyl (C=O) groups is 4. The summed E-state index contributed by atoms with van der Waals surface area (Å²) in [6.07, 6.45) is -1.16. The lowest BCUT2D eigenvalue weighted by molar-refractivity contribution is -0.149. The van der Waals surface area contributed by atoms with Gasteiger partial charge in [0.1, 0.15) is 18.7 Å². The third-order valence-electron chi connectivity index (χ3n) is 3.90. The molecular formula is C19H26N2O8. The Bertz CT molecular complexity index is 695.